The highest BCUT2D eigenvalue weighted by Crippen LogP contribution is 2.43. The van der Waals surface area contributed by atoms with Crippen LogP contribution in [0.2, 0.25) is 0 Å². The highest BCUT2D eigenvalue weighted by atomic mass is 31.2. The SMILES string of the molecule is CC/C=C/C/C=C/C/C=C/CCCCCCCCC(=O)NC(COP(=O)(O)OCC[N+](C)(C)C)C(/C=C/CCCCCCCCCCCCC)OC(=O)CCCCCCCCCCC/C=C/CCCCCCCC. The van der Waals surface area contributed by atoms with Gasteiger partial charge in [-0.2, -0.15) is 0 Å². The van der Waals surface area contributed by atoms with E-state index in [2.05, 4.69) is 74.7 Å². The largest absolute Gasteiger partial charge is 0.472 e. The summed E-state index contributed by atoms with van der Waals surface area (Å²) in [7, 11) is 1.49. The van der Waals surface area contributed by atoms with Crippen LogP contribution in [0.5, 0.6) is 0 Å². The minimum atomic E-state index is -4.45. The van der Waals surface area contributed by atoms with E-state index in [1.807, 2.05) is 33.3 Å². The molecule has 432 valence electrons. The lowest BCUT2D eigenvalue weighted by Gasteiger charge is -2.27. The number of allylic oxidation sites excluding steroid dienone is 9. The van der Waals surface area contributed by atoms with E-state index in [1.54, 1.807) is 0 Å². The molecule has 0 aliphatic carbocycles. The molecular weight excluding hydrogens is 940 g/mol. The molecule has 3 unspecified atom stereocenters. The number of nitrogens with one attached hydrogen (secondary N) is 1. The molecule has 0 fully saturated rings. The van der Waals surface area contributed by atoms with Gasteiger partial charge in [-0.25, -0.2) is 4.57 Å². The first kappa shape index (κ1) is 71.7. The highest BCUT2D eigenvalue weighted by Gasteiger charge is 2.30. The van der Waals surface area contributed by atoms with Gasteiger partial charge in [0, 0.05) is 12.8 Å². The van der Waals surface area contributed by atoms with Gasteiger partial charge in [0.2, 0.25) is 5.91 Å². The lowest BCUT2D eigenvalue weighted by Crippen LogP contribution is -2.47. The molecule has 9 nitrogen and oxygen atoms in total. The molecule has 0 saturated carbocycles. The number of hydrogen-bond acceptors (Lipinski definition) is 6. The van der Waals surface area contributed by atoms with Crippen molar-refractivity contribution in [2.75, 3.05) is 40.9 Å². The summed E-state index contributed by atoms with van der Waals surface area (Å²) in [5, 5.41) is 3.05. The minimum Gasteiger partial charge on any atom is -0.456 e. The smallest absolute Gasteiger partial charge is 0.456 e. The fourth-order valence-corrected chi connectivity index (χ4v) is 9.63. The zero-order valence-corrected chi connectivity index (χ0v) is 50.2. The summed E-state index contributed by atoms with van der Waals surface area (Å²) in [5.74, 6) is -0.517. The van der Waals surface area contributed by atoms with Crippen LogP contribution in [0.25, 0.3) is 0 Å². The second-order valence-electron chi connectivity index (χ2n) is 22.2. The molecule has 0 saturated heterocycles. The van der Waals surface area contributed by atoms with Crippen molar-refractivity contribution in [3.8, 4) is 0 Å². The molecule has 0 heterocycles. The van der Waals surface area contributed by atoms with Gasteiger partial charge in [0.05, 0.1) is 33.8 Å². The first-order valence-electron chi connectivity index (χ1n) is 31.1. The summed E-state index contributed by atoms with van der Waals surface area (Å²) in [4.78, 5) is 37.7. The van der Waals surface area contributed by atoms with E-state index in [-0.39, 0.29) is 31.5 Å². The van der Waals surface area contributed by atoms with Gasteiger partial charge in [-0.05, 0) is 89.5 Å². The average Bonchev–Trinajstić information content (AvgIpc) is 3.36. The van der Waals surface area contributed by atoms with Gasteiger partial charge in [0.25, 0.3) is 0 Å². The van der Waals surface area contributed by atoms with E-state index < -0.39 is 20.0 Å². The van der Waals surface area contributed by atoms with E-state index in [4.69, 9.17) is 13.8 Å². The van der Waals surface area contributed by atoms with Crippen molar-refractivity contribution in [1.29, 1.82) is 0 Å². The number of esters is 1. The van der Waals surface area contributed by atoms with Gasteiger partial charge < -0.3 is 19.4 Å². The summed E-state index contributed by atoms with van der Waals surface area (Å²) < 4.78 is 30.7. The van der Waals surface area contributed by atoms with E-state index in [0.717, 1.165) is 89.9 Å². The number of unbranched alkanes of at least 4 members (excludes halogenated alkanes) is 32. The van der Waals surface area contributed by atoms with Crippen molar-refractivity contribution in [1.82, 2.24) is 5.32 Å². The zero-order valence-electron chi connectivity index (χ0n) is 49.3. The molecule has 2 N–H and O–H groups in total. The first-order chi connectivity index (χ1) is 35.9. The van der Waals surface area contributed by atoms with Gasteiger partial charge in [0.1, 0.15) is 19.3 Å². The second-order valence-corrected chi connectivity index (χ2v) is 23.6. The Kier molecular flexibility index (Phi) is 52.4. The Morgan fingerprint density at radius 1 is 0.486 bits per heavy atom. The lowest BCUT2D eigenvalue weighted by molar-refractivity contribution is -0.870. The number of quaternary nitrogens is 1. The Bertz CT molecular complexity index is 1450. The van der Waals surface area contributed by atoms with Crippen LogP contribution in [0.3, 0.4) is 0 Å². The number of ether oxygens (including phenoxy) is 1. The molecule has 0 rings (SSSR count). The van der Waals surface area contributed by atoms with Crippen LogP contribution in [0, 0.1) is 0 Å². The van der Waals surface area contributed by atoms with E-state index >= 15 is 0 Å². The Morgan fingerprint density at radius 2 is 0.865 bits per heavy atom. The monoisotopic (exact) mass is 1060 g/mol. The third-order valence-corrected chi connectivity index (χ3v) is 14.7. The molecule has 0 spiro atoms. The topological polar surface area (TPSA) is 111 Å². The number of nitrogens with zero attached hydrogens (tertiary/aromatic N) is 1. The molecule has 10 heteroatoms. The highest BCUT2D eigenvalue weighted by molar-refractivity contribution is 7.47. The number of carbonyl (C=O) groups is 2. The maximum absolute atomic E-state index is 13.5. The first-order valence-corrected chi connectivity index (χ1v) is 32.6. The molecule has 0 aromatic carbocycles. The van der Waals surface area contributed by atoms with E-state index in [1.165, 1.54) is 161 Å². The lowest BCUT2D eigenvalue weighted by atomic mass is 10.0. The summed E-state index contributed by atoms with van der Waals surface area (Å²) in [6.45, 7) is 6.90. The summed E-state index contributed by atoms with van der Waals surface area (Å²) in [6, 6.07) is -0.856. The van der Waals surface area contributed by atoms with Gasteiger partial charge >= 0.3 is 13.8 Å². The Labute approximate surface area is 458 Å². The van der Waals surface area contributed by atoms with Crippen molar-refractivity contribution in [3.05, 3.63) is 60.8 Å². The minimum absolute atomic E-state index is 0.0363. The van der Waals surface area contributed by atoms with Crippen LogP contribution in [-0.2, 0) is 27.9 Å². The quantitative estimate of drug-likeness (QED) is 0.0205. The van der Waals surface area contributed by atoms with E-state index in [0.29, 0.717) is 17.4 Å². The second kappa shape index (κ2) is 54.1. The van der Waals surface area contributed by atoms with Crippen LogP contribution in [0.4, 0.5) is 0 Å². The molecule has 0 bridgehead atoms. The number of rotatable bonds is 56. The zero-order chi connectivity index (χ0) is 54.3. The maximum atomic E-state index is 13.5. The molecule has 74 heavy (non-hydrogen) atoms. The van der Waals surface area contributed by atoms with Crippen LogP contribution in [-0.4, -0.2) is 74.3 Å². The van der Waals surface area contributed by atoms with Gasteiger partial charge in [-0.15, -0.1) is 0 Å². The molecule has 0 aromatic heterocycles. The third-order valence-electron chi connectivity index (χ3n) is 13.7. The maximum Gasteiger partial charge on any atom is 0.472 e. The predicted octanol–water partition coefficient (Wildman–Crippen LogP) is 19.1. The molecule has 3 atom stereocenters. The number of amides is 1. The molecule has 0 aromatic rings. The number of phosphoric acid groups is 1. The predicted molar refractivity (Wildman–Crippen MR) is 318 cm³/mol. The molecular formula is C64H120N2O7P+. The van der Waals surface area contributed by atoms with Crippen molar-refractivity contribution in [2.45, 2.75) is 296 Å². The summed E-state index contributed by atoms with van der Waals surface area (Å²) >= 11 is 0. The standard InChI is InChI=1S/C64H119N2O7P/c1-7-10-13-16-19-22-25-28-30-32-33-34-36-39-42-45-48-51-54-57-64(68)73-62(55-52-49-46-43-40-37-27-24-21-18-15-12-9-3)61(60-72-74(69,70)71-59-58-66(4,5)6)65-63(67)56-53-50-47-44-41-38-35-31-29-26-23-20-17-14-11-8-2/h11,14,20,23,28-31,52,55,61-62H,7-10,12-13,15-19,21-22,24-27,32-51,53-54,56-60H2,1-6H3,(H-,65,67,69,70)/p+1/b14-11+,23-20+,30-28+,31-29+,55-52+. The number of phosphoric ester groups is 1. The number of hydrogen-bond donors (Lipinski definition) is 2. The fourth-order valence-electron chi connectivity index (χ4n) is 8.89. The van der Waals surface area contributed by atoms with Gasteiger partial charge in [-0.1, -0.05) is 242 Å². The van der Waals surface area contributed by atoms with Crippen molar-refractivity contribution in [3.63, 3.8) is 0 Å². The average molecular weight is 1060 g/mol. The number of likely N-dealkylation sites (N-methyl/N-ethyl adjacent to an activating group) is 1. The van der Waals surface area contributed by atoms with Crippen LogP contribution in [0.1, 0.15) is 284 Å². The van der Waals surface area contributed by atoms with Crippen LogP contribution >= 0.6 is 7.82 Å². The normalized spacial score (nSPS) is 14.1. The Balaban J connectivity index is 5.29. The molecule has 1 amide bonds. The van der Waals surface area contributed by atoms with Crippen LogP contribution < -0.4 is 5.32 Å². The van der Waals surface area contributed by atoms with Gasteiger partial charge in [0.15, 0.2) is 0 Å². The van der Waals surface area contributed by atoms with Crippen molar-refractivity contribution >= 4 is 19.7 Å². The Morgan fingerprint density at radius 3 is 1.31 bits per heavy atom. The summed E-state index contributed by atoms with van der Waals surface area (Å²) in [6.07, 6.45) is 67.8. The third kappa shape index (κ3) is 54.5. The molecule has 0 radical (unpaired) electrons. The van der Waals surface area contributed by atoms with E-state index in [9.17, 15) is 19.0 Å². The van der Waals surface area contributed by atoms with Crippen molar-refractivity contribution in [2.24, 2.45) is 0 Å². The van der Waals surface area contributed by atoms with Gasteiger partial charge in [-0.3, -0.25) is 18.6 Å². The number of carbonyl (C=O) groups excluding carboxylic acids is 2. The van der Waals surface area contributed by atoms with Crippen molar-refractivity contribution < 1.29 is 37.3 Å². The molecule has 0 aliphatic rings. The van der Waals surface area contributed by atoms with Crippen LogP contribution in [0.15, 0.2) is 60.8 Å². The fraction of sp³-hybridized carbons (Fsp3) is 0.812. The Hall–Kier alpha value is -2.29. The summed E-state index contributed by atoms with van der Waals surface area (Å²) in [5.41, 5.74) is 0. The molecule has 0 aliphatic heterocycles.